The van der Waals surface area contributed by atoms with Gasteiger partial charge in [0.1, 0.15) is 5.75 Å². The van der Waals surface area contributed by atoms with Crippen LogP contribution in [0.15, 0.2) is 29.3 Å². The zero-order chi connectivity index (χ0) is 20.4. The molecule has 166 valence electrons. The summed E-state index contributed by atoms with van der Waals surface area (Å²) in [6.45, 7) is 12.7. The highest BCUT2D eigenvalue weighted by atomic mass is 127. The molecule has 1 fully saturated rings. The van der Waals surface area contributed by atoms with Crippen molar-refractivity contribution < 1.29 is 4.74 Å². The largest absolute Gasteiger partial charge is 0.497 e. The molecule has 0 radical (unpaired) electrons. The van der Waals surface area contributed by atoms with Crippen LogP contribution < -0.4 is 15.4 Å². The van der Waals surface area contributed by atoms with Crippen LogP contribution in [0.2, 0.25) is 0 Å². The van der Waals surface area contributed by atoms with Crippen molar-refractivity contribution in [3.63, 3.8) is 0 Å². The summed E-state index contributed by atoms with van der Waals surface area (Å²) in [7, 11) is 1.71. The third kappa shape index (κ3) is 9.79. The number of thioether (sulfide) groups is 1. The van der Waals surface area contributed by atoms with Gasteiger partial charge in [0.05, 0.1) is 13.7 Å². The summed E-state index contributed by atoms with van der Waals surface area (Å²) in [6, 6.07) is 8.43. The number of hydrogen-bond donors (Lipinski definition) is 2. The van der Waals surface area contributed by atoms with E-state index in [9.17, 15) is 0 Å². The zero-order valence-corrected chi connectivity index (χ0v) is 21.8. The van der Waals surface area contributed by atoms with Crippen molar-refractivity contribution in [2.24, 2.45) is 10.9 Å². The van der Waals surface area contributed by atoms with Gasteiger partial charge in [0.25, 0.3) is 0 Å². The van der Waals surface area contributed by atoms with Crippen molar-refractivity contribution >= 4 is 41.7 Å². The highest BCUT2D eigenvalue weighted by Gasteiger charge is 2.20. The average molecular weight is 535 g/mol. The summed E-state index contributed by atoms with van der Waals surface area (Å²) in [5.41, 5.74) is 1.36. The van der Waals surface area contributed by atoms with Crippen LogP contribution in [-0.2, 0) is 6.54 Å². The van der Waals surface area contributed by atoms with E-state index in [1.165, 1.54) is 18.4 Å². The fourth-order valence-electron chi connectivity index (χ4n) is 3.25. The van der Waals surface area contributed by atoms with Crippen molar-refractivity contribution in [1.82, 2.24) is 15.5 Å². The first-order valence-corrected chi connectivity index (χ1v) is 11.6. The first-order valence-electron chi connectivity index (χ1n) is 10.4. The minimum absolute atomic E-state index is 0. The Morgan fingerprint density at radius 3 is 2.41 bits per heavy atom. The molecular formula is C22H39IN4OS. The van der Waals surface area contributed by atoms with E-state index in [2.05, 4.69) is 54.7 Å². The van der Waals surface area contributed by atoms with Crippen molar-refractivity contribution in [3.05, 3.63) is 29.8 Å². The third-order valence-corrected chi connectivity index (χ3v) is 6.58. The minimum atomic E-state index is 0. The van der Waals surface area contributed by atoms with Crippen molar-refractivity contribution in [3.8, 4) is 5.75 Å². The number of piperidine rings is 1. The lowest BCUT2D eigenvalue weighted by molar-refractivity contribution is 0.178. The second-order valence-corrected chi connectivity index (χ2v) is 9.62. The van der Waals surface area contributed by atoms with Gasteiger partial charge in [-0.2, -0.15) is 11.8 Å². The van der Waals surface area contributed by atoms with Crippen molar-refractivity contribution in [1.29, 1.82) is 0 Å². The molecule has 0 aromatic heterocycles. The molecular weight excluding hydrogens is 495 g/mol. The molecule has 0 amide bonds. The summed E-state index contributed by atoms with van der Waals surface area (Å²) in [5, 5.41) is 6.94. The molecule has 0 atom stereocenters. The average Bonchev–Trinajstić information content (AvgIpc) is 2.72. The lowest BCUT2D eigenvalue weighted by Crippen LogP contribution is -2.43. The van der Waals surface area contributed by atoms with Crippen LogP contribution in [-0.4, -0.2) is 61.7 Å². The summed E-state index contributed by atoms with van der Waals surface area (Å²) in [6.07, 6.45) is 4.62. The molecule has 7 heteroatoms. The Bertz CT molecular complexity index is 601. The van der Waals surface area contributed by atoms with Gasteiger partial charge < -0.3 is 15.4 Å². The van der Waals surface area contributed by atoms with E-state index in [0.717, 1.165) is 51.0 Å². The first kappa shape index (κ1) is 26.4. The number of methoxy groups -OCH3 is 1. The Hall–Kier alpha value is -0.670. The van der Waals surface area contributed by atoms with Crippen LogP contribution in [0.4, 0.5) is 0 Å². The number of benzene rings is 1. The molecule has 2 N–H and O–H groups in total. The number of nitrogens with one attached hydrogen (secondary N) is 2. The molecule has 0 saturated carbocycles. The molecule has 29 heavy (non-hydrogen) atoms. The number of ether oxygens (including phenoxy) is 1. The molecule has 1 aliphatic heterocycles. The number of nitrogens with zero attached hydrogens (tertiary/aromatic N) is 2. The van der Waals surface area contributed by atoms with Gasteiger partial charge in [-0.25, -0.2) is 0 Å². The van der Waals surface area contributed by atoms with Gasteiger partial charge in [0.2, 0.25) is 0 Å². The van der Waals surface area contributed by atoms with Crippen LogP contribution in [0.3, 0.4) is 0 Å². The van der Waals surface area contributed by atoms with E-state index in [0.29, 0.717) is 5.92 Å². The molecule has 0 unspecified atom stereocenters. The first-order chi connectivity index (χ1) is 13.5. The zero-order valence-electron chi connectivity index (χ0n) is 18.7. The van der Waals surface area contributed by atoms with Gasteiger partial charge in [-0.1, -0.05) is 12.1 Å². The molecule has 0 aliphatic carbocycles. The van der Waals surface area contributed by atoms with Crippen molar-refractivity contribution in [2.45, 2.75) is 44.9 Å². The molecule has 2 rings (SSSR count). The Balaban J connectivity index is 0.00000420. The summed E-state index contributed by atoms with van der Waals surface area (Å²) >= 11 is 1.86. The molecule has 1 saturated heterocycles. The highest BCUT2D eigenvalue weighted by molar-refractivity contribution is 14.0. The number of rotatable bonds is 9. The normalized spacial score (nSPS) is 16.2. The standard InChI is InChI=1S/C22H38N4OS.HI/c1-6-23-21(25-17-22(2,3)28-5)24-15-18-11-13-26(14-12-18)16-19-7-9-20(27-4)10-8-19;/h7-10,18H,6,11-17H2,1-5H3,(H2,23,24,25);1H. The predicted molar refractivity (Wildman–Crippen MR) is 138 cm³/mol. The van der Waals surface area contributed by atoms with Crippen LogP contribution in [0, 0.1) is 5.92 Å². The Morgan fingerprint density at radius 1 is 1.21 bits per heavy atom. The SMILES string of the molecule is CCNC(=NCC(C)(C)SC)NCC1CCN(Cc2ccc(OC)cc2)CC1.I. The lowest BCUT2D eigenvalue weighted by Gasteiger charge is -2.32. The fourth-order valence-corrected chi connectivity index (χ4v) is 3.45. The monoisotopic (exact) mass is 534 g/mol. The number of hydrogen-bond acceptors (Lipinski definition) is 4. The van der Waals surface area contributed by atoms with E-state index in [-0.39, 0.29) is 28.7 Å². The van der Waals surface area contributed by atoms with E-state index in [1.54, 1.807) is 7.11 Å². The maximum absolute atomic E-state index is 5.24. The van der Waals surface area contributed by atoms with Gasteiger partial charge in [0, 0.05) is 24.4 Å². The Kier molecular flexibility index (Phi) is 12.4. The Morgan fingerprint density at radius 2 is 1.86 bits per heavy atom. The maximum Gasteiger partial charge on any atom is 0.191 e. The van der Waals surface area contributed by atoms with Crippen LogP contribution in [0.5, 0.6) is 5.75 Å². The smallest absolute Gasteiger partial charge is 0.191 e. The topological polar surface area (TPSA) is 48.9 Å². The highest BCUT2D eigenvalue weighted by Crippen LogP contribution is 2.21. The second kappa shape index (κ2) is 13.6. The number of aliphatic imine (C=N–C) groups is 1. The summed E-state index contributed by atoms with van der Waals surface area (Å²) < 4.78 is 5.42. The van der Waals surface area contributed by atoms with Crippen LogP contribution in [0.1, 0.15) is 39.2 Å². The second-order valence-electron chi connectivity index (χ2n) is 8.11. The van der Waals surface area contributed by atoms with E-state index in [4.69, 9.17) is 9.73 Å². The molecule has 1 aliphatic rings. The van der Waals surface area contributed by atoms with Gasteiger partial charge in [0.15, 0.2) is 5.96 Å². The molecule has 5 nitrogen and oxygen atoms in total. The van der Waals surface area contributed by atoms with Gasteiger partial charge in [-0.3, -0.25) is 9.89 Å². The van der Waals surface area contributed by atoms with E-state index >= 15 is 0 Å². The molecule has 1 heterocycles. The minimum Gasteiger partial charge on any atom is -0.497 e. The quantitative estimate of drug-likeness (QED) is 0.282. The van der Waals surface area contributed by atoms with Gasteiger partial charge >= 0.3 is 0 Å². The van der Waals surface area contributed by atoms with Gasteiger partial charge in [-0.05, 0) is 76.6 Å². The molecule has 0 bridgehead atoms. The van der Waals surface area contributed by atoms with Crippen LogP contribution >= 0.6 is 35.7 Å². The maximum atomic E-state index is 5.24. The molecule has 1 aromatic rings. The lowest BCUT2D eigenvalue weighted by atomic mass is 9.96. The van der Waals surface area contributed by atoms with Crippen LogP contribution in [0.25, 0.3) is 0 Å². The Labute approximate surface area is 198 Å². The summed E-state index contributed by atoms with van der Waals surface area (Å²) in [4.78, 5) is 7.33. The van der Waals surface area contributed by atoms with E-state index < -0.39 is 0 Å². The third-order valence-electron chi connectivity index (χ3n) is 5.35. The fraction of sp³-hybridized carbons (Fsp3) is 0.682. The van der Waals surface area contributed by atoms with E-state index in [1.807, 2.05) is 23.9 Å². The molecule has 0 spiro atoms. The van der Waals surface area contributed by atoms with Gasteiger partial charge in [-0.15, -0.1) is 24.0 Å². The number of guanidine groups is 1. The number of likely N-dealkylation sites (tertiary alicyclic amines) is 1. The number of halogens is 1. The van der Waals surface area contributed by atoms with Crippen molar-refractivity contribution in [2.75, 3.05) is 46.1 Å². The predicted octanol–water partition coefficient (Wildman–Crippen LogP) is 4.22. The molecule has 1 aromatic carbocycles. The summed E-state index contributed by atoms with van der Waals surface area (Å²) in [5.74, 6) is 2.59.